The van der Waals surface area contributed by atoms with Crippen LogP contribution in [0.25, 0.3) is 0 Å². The molecule has 2 aromatic carbocycles. The highest BCUT2D eigenvalue weighted by Crippen LogP contribution is 2.27. The lowest BCUT2D eigenvalue weighted by Crippen LogP contribution is -2.40. The van der Waals surface area contributed by atoms with E-state index in [1.807, 2.05) is 37.3 Å². The summed E-state index contributed by atoms with van der Waals surface area (Å²) >= 11 is 0. The molecule has 0 amide bonds. The summed E-state index contributed by atoms with van der Waals surface area (Å²) in [6.07, 6.45) is 2.93. The quantitative estimate of drug-likeness (QED) is 0.769. The van der Waals surface area contributed by atoms with Gasteiger partial charge < -0.3 is 4.90 Å². The van der Waals surface area contributed by atoms with Crippen molar-refractivity contribution >= 4 is 9.84 Å². The van der Waals surface area contributed by atoms with Crippen LogP contribution in [0.2, 0.25) is 0 Å². The number of nitrogens with zero attached hydrogens (tertiary/aromatic N) is 1. The molecule has 0 unspecified atom stereocenters. The summed E-state index contributed by atoms with van der Waals surface area (Å²) in [4.78, 5) is 2.81. The molecule has 1 saturated heterocycles. The van der Waals surface area contributed by atoms with Gasteiger partial charge >= 0.3 is 0 Å². The zero-order chi connectivity index (χ0) is 18.6. The molecule has 140 valence electrons. The maximum Gasteiger partial charge on any atom is 0.181 e. The minimum absolute atomic E-state index is 0.216. The molecule has 0 spiro atoms. The number of sulfone groups is 1. The number of benzene rings is 2. The van der Waals surface area contributed by atoms with Gasteiger partial charge in [-0.2, -0.15) is 0 Å². The molecule has 0 saturated carbocycles. The molecule has 0 radical (unpaired) electrons. The van der Waals surface area contributed by atoms with Gasteiger partial charge in [0.05, 0.1) is 10.1 Å². The largest absolute Gasteiger partial charge is 0.303 e. The Balaban J connectivity index is 1.58. The standard InChI is InChI=1S/C21H26FNO2S/c1-2-18-5-3-4-6-21(18)26(24,25)20-12-15-23(16-13-20)14-11-17-7-9-19(22)10-8-17/h3-10,20H,2,11-16H2,1H3. The highest BCUT2D eigenvalue weighted by atomic mass is 32.2. The van der Waals surface area contributed by atoms with E-state index in [1.165, 1.54) is 12.1 Å². The van der Waals surface area contributed by atoms with E-state index >= 15 is 0 Å². The predicted octanol–water partition coefficient (Wildman–Crippen LogP) is 3.87. The monoisotopic (exact) mass is 375 g/mol. The molecule has 0 N–H and O–H groups in total. The van der Waals surface area contributed by atoms with Gasteiger partial charge in [0, 0.05) is 6.54 Å². The molecule has 1 aliphatic heterocycles. The summed E-state index contributed by atoms with van der Waals surface area (Å²) in [6, 6.07) is 14.0. The molecular weight excluding hydrogens is 349 g/mol. The lowest BCUT2D eigenvalue weighted by Gasteiger charge is -2.32. The van der Waals surface area contributed by atoms with Gasteiger partial charge in [-0.05, 0) is 68.1 Å². The highest BCUT2D eigenvalue weighted by molar-refractivity contribution is 7.92. The van der Waals surface area contributed by atoms with Crippen LogP contribution in [0.15, 0.2) is 53.4 Å². The molecule has 3 nitrogen and oxygen atoms in total. The Morgan fingerprint density at radius 3 is 2.35 bits per heavy atom. The second-order valence-electron chi connectivity index (χ2n) is 6.92. The second kappa shape index (κ2) is 8.31. The summed E-state index contributed by atoms with van der Waals surface area (Å²) in [6.45, 7) is 4.45. The van der Waals surface area contributed by atoms with E-state index in [4.69, 9.17) is 0 Å². The molecule has 0 aromatic heterocycles. The zero-order valence-corrected chi connectivity index (χ0v) is 16.0. The lowest BCUT2D eigenvalue weighted by atomic mass is 10.1. The molecule has 1 heterocycles. The molecule has 5 heteroatoms. The lowest BCUT2D eigenvalue weighted by molar-refractivity contribution is 0.232. The zero-order valence-electron chi connectivity index (χ0n) is 15.2. The maximum absolute atomic E-state index is 13.0. The number of aryl methyl sites for hydroxylation is 1. The third kappa shape index (κ3) is 4.33. The van der Waals surface area contributed by atoms with Crippen molar-refractivity contribution in [3.05, 3.63) is 65.5 Å². The van der Waals surface area contributed by atoms with Gasteiger partial charge in [-0.15, -0.1) is 0 Å². The van der Waals surface area contributed by atoms with Gasteiger partial charge in [-0.3, -0.25) is 0 Å². The molecular formula is C21H26FNO2S. The van der Waals surface area contributed by atoms with Crippen LogP contribution in [-0.2, 0) is 22.7 Å². The van der Waals surface area contributed by atoms with Crippen LogP contribution < -0.4 is 0 Å². The van der Waals surface area contributed by atoms with Crippen LogP contribution in [-0.4, -0.2) is 38.2 Å². The fourth-order valence-electron chi connectivity index (χ4n) is 3.63. The van der Waals surface area contributed by atoms with E-state index in [-0.39, 0.29) is 11.1 Å². The Labute approximate surface area is 155 Å². The third-order valence-electron chi connectivity index (χ3n) is 5.26. The normalized spacial score (nSPS) is 16.7. The van der Waals surface area contributed by atoms with Crippen molar-refractivity contribution in [3.8, 4) is 0 Å². The predicted molar refractivity (Wildman–Crippen MR) is 103 cm³/mol. The Bertz CT molecular complexity index is 825. The van der Waals surface area contributed by atoms with Gasteiger partial charge in [0.1, 0.15) is 5.82 Å². The van der Waals surface area contributed by atoms with Gasteiger partial charge in [0.15, 0.2) is 9.84 Å². The number of rotatable bonds is 6. The Morgan fingerprint density at radius 1 is 1.04 bits per heavy atom. The van der Waals surface area contributed by atoms with Crippen LogP contribution in [0, 0.1) is 5.82 Å². The Hall–Kier alpha value is -1.72. The minimum Gasteiger partial charge on any atom is -0.303 e. The molecule has 3 rings (SSSR count). The smallest absolute Gasteiger partial charge is 0.181 e. The molecule has 0 atom stereocenters. The number of piperidine rings is 1. The second-order valence-corrected chi connectivity index (χ2v) is 9.12. The summed E-state index contributed by atoms with van der Waals surface area (Å²) in [5.41, 5.74) is 2.02. The summed E-state index contributed by atoms with van der Waals surface area (Å²) < 4.78 is 39.0. The van der Waals surface area contributed by atoms with Crippen LogP contribution in [0.3, 0.4) is 0 Å². The first-order chi connectivity index (χ1) is 12.5. The van der Waals surface area contributed by atoms with Crippen LogP contribution in [0.1, 0.15) is 30.9 Å². The fourth-order valence-corrected chi connectivity index (χ4v) is 5.67. The van der Waals surface area contributed by atoms with Gasteiger partial charge in [-0.1, -0.05) is 37.3 Å². The van der Waals surface area contributed by atoms with Gasteiger partial charge in [0.25, 0.3) is 0 Å². The number of hydrogen-bond donors (Lipinski definition) is 0. The van der Waals surface area contributed by atoms with E-state index in [9.17, 15) is 12.8 Å². The topological polar surface area (TPSA) is 37.4 Å². The van der Waals surface area contributed by atoms with Gasteiger partial charge in [-0.25, -0.2) is 12.8 Å². The average Bonchev–Trinajstić information content (AvgIpc) is 2.68. The number of hydrogen-bond acceptors (Lipinski definition) is 3. The molecule has 1 fully saturated rings. The van der Waals surface area contributed by atoms with Gasteiger partial charge in [0.2, 0.25) is 0 Å². The van der Waals surface area contributed by atoms with E-state index in [2.05, 4.69) is 4.90 Å². The van der Waals surface area contributed by atoms with Crippen molar-refractivity contribution in [1.82, 2.24) is 4.90 Å². The van der Waals surface area contributed by atoms with Crippen LogP contribution >= 0.6 is 0 Å². The molecule has 2 aromatic rings. The van der Waals surface area contributed by atoms with Crippen molar-refractivity contribution < 1.29 is 12.8 Å². The molecule has 26 heavy (non-hydrogen) atoms. The highest BCUT2D eigenvalue weighted by Gasteiger charge is 2.32. The van der Waals surface area contributed by atoms with Crippen molar-refractivity contribution in [2.75, 3.05) is 19.6 Å². The summed E-state index contributed by atoms with van der Waals surface area (Å²) in [5.74, 6) is -0.216. The molecule has 0 aliphatic carbocycles. The Kier molecular flexibility index (Phi) is 6.09. The first-order valence-electron chi connectivity index (χ1n) is 9.29. The SMILES string of the molecule is CCc1ccccc1S(=O)(=O)C1CCN(CCc2ccc(F)cc2)CC1. The number of halogens is 1. The average molecular weight is 376 g/mol. The van der Waals surface area contributed by atoms with Crippen LogP contribution in [0.4, 0.5) is 4.39 Å². The fraction of sp³-hybridized carbons (Fsp3) is 0.429. The minimum atomic E-state index is -3.27. The van der Waals surface area contributed by atoms with Crippen LogP contribution in [0.5, 0.6) is 0 Å². The van der Waals surface area contributed by atoms with Crippen molar-refractivity contribution in [3.63, 3.8) is 0 Å². The maximum atomic E-state index is 13.0. The first-order valence-corrected chi connectivity index (χ1v) is 10.8. The van der Waals surface area contributed by atoms with Crippen molar-refractivity contribution in [2.45, 2.75) is 42.8 Å². The van der Waals surface area contributed by atoms with E-state index in [1.54, 1.807) is 6.07 Å². The van der Waals surface area contributed by atoms with E-state index in [0.29, 0.717) is 17.7 Å². The third-order valence-corrected chi connectivity index (χ3v) is 7.62. The van der Waals surface area contributed by atoms with Crippen molar-refractivity contribution in [2.24, 2.45) is 0 Å². The summed E-state index contributed by atoms with van der Waals surface area (Å²) in [5, 5.41) is -0.294. The van der Waals surface area contributed by atoms with Crippen molar-refractivity contribution in [1.29, 1.82) is 0 Å². The molecule has 1 aliphatic rings. The Morgan fingerprint density at radius 2 is 1.69 bits per heavy atom. The first kappa shape index (κ1) is 19.1. The summed E-state index contributed by atoms with van der Waals surface area (Å²) in [7, 11) is -3.27. The molecule has 0 bridgehead atoms. The van der Waals surface area contributed by atoms with E-state index < -0.39 is 9.84 Å². The number of likely N-dealkylation sites (tertiary alicyclic amines) is 1. The van der Waals surface area contributed by atoms with E-state index in [0.717, 1.165) is 43.6 Å².